The maximum absolute atomic E-state index is 13.5. The molecule has 0 saturated carbocycles. The molecule has 0 radical (unpaired) electrons. The first kappa shape index (κ1) is 19.3. The second kappa shape index (κ2) is 7.44. The number of hydrogen-bond donors (Lipinski definition) is 1. The zero-order chi connectivity index (χ0) is 19.5. The number of halogens is 3. The summed E-state index contributed by atoms with van der Waals surface area (Å²) in [5.74, 6) is -3.06. The summed E-state index contributed by atoms with van der Waals surface area (Å²) in [5, 5.41) is 18.0. The highest BCUT2D eigenvalue weighted by Gasteiger charge is 2.39. The third kappa shape index (κ3) is 4.51. The van der Waals surface area contributed by atoms with E-state index in [1.165, 1.54) is 36.4 Å². The van der Waals surface area contributed by atoms with Crippen LogP contribution >= 0.6 is 0 Å². The molecule has 0 aliphatic carbocycles. The van der Waals surface area contributed by atoms with E-state index >= 15 is 0 Å². The topological polar surface area (TPSA) is 61.1 Å². The molecule has 0 bridgehead atoms. The number of benzene rings is 2. The fraction of sp³-hybridized carbons (Fsp3) is 0.200. The zero-order valence-electron chi connectivity index (χ0n) is 14.1. The summed E-state index contributed by atoms with van der Waals surface area (Å²) in [7, 11) is 0. The van der Waals surface area contributed by atoms with Crippen LogP contribution in [0.2, 0.25) is 0 Å². The van der Waals surface area contributed by atoms with Crippen LogP contribution in [0.3, 0.4) is 0 Å². The molecule has 0 saturated heterocycles. The van der Waals surface area contributed by atoms with Gasteiger partial charge in [-0.3, -0.25) is 0 Å². The fourth-order valence-corrected chi connectivity index (χ4v) is 2.75. The van der Waals surface area contributed by atoms with Crippen LogP contribution < -0.4 is 0 Å². The van der Waals surface area contributed by atoms with Crippen molar-refractivity contribution in [2.75, 3.05) is 0 Å². The van der Waals surface area contributed by atoms with Gasteiger partial charge < -0.3 is 5.11 Å². The SMILES string of the molecule is Cc1cc(C)cc(C(/C=C/c2ccc(C(=O)O)c(C#N)c2)C(F)(F)F)c1. The number of aromatic carboxylic acids is 1. The minimum atomic E-state index is -4.48. The Morgan fingerprint density at radius 3 is 2.27 bits per heavy atom. The third-order valence-electron chi connectivity index (χ3n) is 3.83. The van der Waals surface area contributed by atoms with E-state index in [2.05, 4.69) is 0 Å². The van der Waals surface area contributed by atoms with Gasteiger partial charge in [-0.05, 0) is 37.1 Å². The average molecular weight is 359 g/mol. The van der Waals surface area contributed by atoms with E-state index in [1.54, 1.807) is 26.0 Å². The molecule has 1 atom stereocenters. The molecule has 0 aliphatic heterocycles. The number of aryl methyl sites for hydroxylation is 2. The van der Waals surface area contributed by atoms with Gasteiger partial charge in [0.05, 0.1) is 17.0 Å². The van der Waals surface area contributed by atoms with E-state index in [0.29, 0.717) is 5.56 Å². The average Bonchev–Trinajstić information content (AvgIpc) is 2.52. The molecule has 2 rings (SSSR count). The van der Waals surface area contributed by atoms with Gasteiger partial charge in [-0.15, -0.1) is 0 Å². The van der Waals surface area contributed by atoms with Gasteiger partial charge in [-0.2, -0.15) is 18.4 Å². The van der Waals surface area contributed by atoms with Gasteiger partial charge in [0, 0.05) is 0 Å². The number of rotatable bonds is 4. The molecule has 0 aliphatic rings. The Morgan fingerprint density at radius 1 is 1.15 bits per heavy atom. The van der Waals surface area contributed by atoms with Crippen molar-refractivity contribution < 1.29 is 23.1 Å². The molecule has 0 amide bonds. The van der Waals surface area contributed by atoms with Gasteiger partial charge in [0.25, 0.3) is 0 Å². The molecule has 2 aromatic carbocycles. The van der Waals surface area contributed by atoms with Gasteiger partial charge in [0.15, 0.2) is 0 Å². The fourth-order valence-electron chi connectivity index (χ4n) is 2.75. The van der Waals surface area contributed by atoms with Crippen molar-refractivity contribution in [3.8, 4) is 6.07 Å². The summed E-state index contributed by atoms with van der Waals surface area (Å²) < 4.78 is 40.5. The number of nitriles is 1. The second-order valence-corrected chi connectivity index (χ2v) is 6.02. The molecule has 0 heterocycles. The number of carboxylic acids is 1. The first-order valence-corrected chi connectivity index (χ1v) is 7.72. The lowest BCUT2D eigenvalue weighted by Crippen LogP contribution is -2.19. The predicted octanol–water partition coefficient (Wildman–Crippen LogP) is 5.23. The Kier molecular flexibility index (Phi) is 5.51. The molecule has 1 unspecified atom stereocenters. The maximum Gasteiger partial charge on any atom is 0.399 e. The van der Waals surface area contributed by atoms with E-state index in [0.717, 1.165) is 17.2 Å². The normalized spacial score (nSPS) is 12.8. The van der Waals surface area contributed by atoms with Crippen LogP contribution in [0.1, 0.15) is 44.1 Å². The van der Waals surface area contributed by atoms with Gasteiger partial charge >= 0.3 is 12.1 Å². The zero-order valence-corrected chi connectivity index (χ0v) is 14.1. The monoisotopic (exact) mass is 359 g/mol. The number of carboxylic acid groups (broad SMARTS) is 1. The van der Waals surface area contributed by atoms with Crippen LogP contribution in [0.25, 0.3) is 6.08 Å². The lowest BCUT2D eigenvalue weighted by Gasteiger charge is -2.18. The molecule has 3 nitrogen and oxygen atoms in total. The summed E-state index contributed by atoms with van der Waals surface area (Å²) in [6.07, 6.45) is -2.21. The van der Waals surface area contributed by atoms with Gasteiger partial charge in [-0.1, -0.05) is 47.5 Å². The van der Waals surface area contributed by atoms with Crippen molar-refractivity contribution in [2.45, 2.75) is 25.9 Å². The Balaban J connectivity index is 2.44. The molecule has 0 spiro atoms. The Bertz CT molecular complexity index is 888. The minimum absolute atomic E-state index is 0.102. The van der Waals surface area contributed by atoms with Gasteiger partial charge in [0.1, 0.15) is 6.07 Å². The molecule has 26 heavy (non-hydrogen) atoms. The van der Waals surface area contributed by atoms with Crippen molar-refractivity contribution in [3.05, 3.63) is 75.9 Å². The number of carbonyl (C=O) groups is 1. The highest BCUT2D eigenvalue weighted by atomic mass is 19.4. The minimum Gasteiger partial charge on any atom is -0.478 e. The first-order chi connectivity index (χ1) is 12.1. The van der Waals surface area contributed by atoms with Crippen LogP contribution in [0.5, 0.6) is 0 Å². The summed E-state index contributed by atoms with van der Waals surface area (Å²) in [6.45, 7) is 3.47. The summed E-state index contributed by atoms with van der Waals surface area (Å²) in [6, 6.07) is 10.4. The summed E-state index contributed by atoms with van der Waals surface area (Å²) in [4.78, 5) is 11.0. The van der Waals surface area contributed by atoms with Crippen molar-refractivity contribution in [2.24, 2.45) is 0 Å². The highest BCUT2D eigenvalue weighted by Crippen LogP contribution is 2.37. The van der Waals surface area contributed by atoms with Crippen molar-refractivity contribution in [1.29, 1.82) is 5.26 Å². The van der Waals surface area contributed by atoms with E-state index in [1.807, 2.05) is 0 Å². The predicted molar refractivity (Wildman–Crippen MR) is 91.9 cm³/mol. The highest BCUT2D eigenvalue weighted by molar-refractivity contribution is 5.91. The van der Waals surface area contributed by atoms with E-state index in [9.17, 15) is 18.0 Å². The van der Waals surface area contributed by atoms with Crippen LogP contribution in [-0.2, 0) is 0 Å². The molecule has 2 aromatic rings. The lowest BCUT2D eigenvalue weighted by molar-refractivity contribution is -0.139. The first-order valence-electron chi connectivity index (χ1n) is 7.72. The summed E-state index contributed by atoms with van der Waals surface area (Å²) in [5.41, 5.74) is 1.64. The molecule has 0 aromatic heterocycles. The molecule has 6 heteroatoms. The van der Waals surface area contributed by atoms with E-state index in [-0.39, 0.29) is 16.7 Å². The number of allylic oxidation sites excluding steroid dienone is 1. The van der Waals surface area contributed by atoms with Crippen LogP contribution in [0.15, 0.2) is 42.5 Å². The quantitative estimate of drug-likeness (QED) is 0.813. The van der Waals surface area contributed by atoms with Crippen molar-refractivity contribution >= 4 is 12.0 Å². The van der Waals surface area contributed by atoms with Gasteiger partial charge in [0.2, 0.25) is 0 Å². The molecular formula is C20H16F3NO2. The lowest BCUT2D eigenvalue weighted by atomic mass is 9.93. The molecule has 0 fully saturated rings. The van der Waals surface area contributed by atoms with Crippen molar-refractivity contribution in [3.63, 3.8) is 0 Å². The summed E-state index contributed by atoms with van der Waals surface area (Å²) >= 11 is 0. The Labute approximate surface area is 149 Å². The standard InChI is InChI=1S/C20H16F3NO2/c1-12-7-13(2)9-15(8-12)18(20(21,22)23)6-4-14-3-5-17(19(25)26)16(10-14)11-24/h3-10,18H,1-2H3,(H,25,26)/b6-4+. The van der Waals surface area contributed by atoms with Crippen molar-refractivity contribution in [1.82, 2.24) is 0 Å². The van der Waals surface area contributed by atoms with Crippen LogP contribution in [0, 0.1) is 25.2 Å². The number of alkyl halides is 3. The van der Waals surface area contributed by atoms with Gasteiger partial charge in [-0.25, -0.2) is 4.79 Å². The molecule has 1 N–H and O–H groups in total. The maximum atomic E-state index is 13.5. The van der Waals surface area contributed by atoms with Crippen LogP contribution in [0.4, 0.5) is 13.2 Å². The number of hydrogen-bond acceptors (Lipinski definition) is 2. The van der Waals surface area contributed by atoms with E-state index in [4.69, 9.17) is 10.4 Å². The largest absolute Gasteiger partial charge is 0.478 e. The van der Waals surface area contributed by atoms with Crippen LogP contribution in [-0.4, -0.2) is 17.3 Å². The smallest absolute Gasteiger partial charge is 0.399 e. The van der Waals surface area contributed by atoms with E-state index < -0.39 is 18.1 Å². The molecule has 134 valence electrons. The molecular weight excluding hydrogens is 343 g/mol. The number of nitrogens with zero attached hydrogens (tertiary/aromatic N) is 1. The second-order valence-electron chi connectivity index (χ2n) is 6.02. The Morgan fingerprint density at radius 2 is 1.77 bits per heavy atom. The third-order valence-corrected chi connectivity index (χ3v) is 3.83. The Hall–Kier alpha value is -3.07.